The Labute approximate surface area is 94.6 Å². The highest BCUT2D eigenvalue weighted by Gasteiger charge is 2.13. The van der Waals surface area contributed by atoms with Crippen LogP contribution in [0.4, 0.5) is 0 Å². The second-order valence-corrected chi connectivity index (χ2v) is 4.70. The normalized spacial score (nSPS) is 10.3. The van der Waals surface area contributed by atoms with Crippen molar-refractivity contribution < 1.29 is 9.53 Å². The number of ether oxygens (including phenoxy) is 1. The first-order chi connectivity index (χ1) is 7.20. The molecule has 0 N–H and O–H groups in total. The van der Waals surface area contributed by atoms with Gasteiger partial charge in [0.15, 0.2) is 10.0 Å². The first-order valence-electron chi connectivity index (χ1n) is 4.17. The topological polar surface area (TPSA) is 52.1 Å². The molecular weight excluding hydrogens is 232 g/mol. The number of esters is 1. The maximum absolute atomic E-state index is 11.2. The Morgan fingerprint density at radius 2 is 2.27 bits per heavy atom. The number of carbonyl (C=O) groups excluding carboxylic acids is 1. The minimum absolute atomic E-state index is 0.355. The lowest BCUT2D eigenvalue weighted by Crippen LogP contribution is -1.96. The van der Waals surface area contributed by atoms with Gasteiger partial charge in [0.1, 0.15) is 4.88 Å². The molecule has 0 fully saturated rings. The average Bonchev–Trinajstić information content (AvgIpc) is 2.84. The highest BCUT2D eigenvalue weighted by Crippen LogP contribution is 2.28. The lowest BCUT2D eigenvalue weighted by molar-refractivity contribution is 0.0606. The third-order valence-corrected chi connectivity index (χ3v) is 3.77. The lowest BCUT2D eigenvalue weighted by atomic mass is 10.5. The van der Waals surface area contributed by atoms with E-state index in [1.807, 2.05) is 12.3 Å². The SMILES string of the molecule is COC(=O)c1cnc(-c2nc(C)cs2)s1. The Balaban J connectivity index is 2.31. The standard InChI is InChI=1S/C9H8N2O2S2/c1-5-4-14-8(11-5)7-10-3-6(15-7)9(12)13-2/h3-4H,1-2H3. The Bertz CT molecular complexity index is 490. The summed E-state index contributed by atoms with van der Waals surface area (Å²) in [5.41, 5.74) is 0.963. The maximum atomic E-state index is 11.2. The van der Waals surface area contributed by atoms with Crippen molar-refractivity contribution in [1.29, 1.82) is 0 Å². The molecular formula is C9H8N2O2S2. The van der Waals surface area contributed by atoms with Crippen LogP contribution in [0, 0.1) is 6.92 Å². The van der Waals surface area contributed by atoms with Crippen molar-refractivity contribution in [3.8, 4) is 10.0 Å². The zero-order chi connectivity index (χ0) is 10.8. The average molecular weight is 240 g/mol. The van der Waals surface area contributed by atoms with E-state index in [-0.39, 0.29) is 5.97 Å². The molecule has 0 saturated carbocycles. The zero-order valence-corrected chi connectivity index (χ0v) is 9.82. The summed E-state index contributed by atoms with van der Waals surface area (Å²) >= 11 is 2.81. The van der Waals surface area contributed by atoms with E-state index in [2.05, 4.69) is 14.7 Å². The number of methoxy groups -OCH3 is 1. The maximum Gasteiger partial charge on any atom is 0.349 e. The van der Waals surface area contributed by atoms with E-state index in [0.29, 0.717) is 4.88 Å². The predicted octanol–water partition coefficient (Wildman–Crippen LogP) is 2.36. The molecule has 6 heteroatoms. The monoisotopic (exact) mass is 240 g/mol. The van der Waals surface area contributed by atoms with Gasteiger partial charge in [-0.25, -0.2) is 14.8 Å². The van der Waals surface area contributed by atoms with Crippen LogP contribution in [0.3, 0.4) is 0 Å². The summed E-state index contributed by atoms with van der Waals surface area (Å²) in [5, 5.41) is 3.55. The smallest absolute Gasteiger partial charge is 0.349 e. The fourth-order valence-corrected chi connectivity index (χ4v) is 2.69. The van der Waals surface area contributed by atoms with Crippen molar-refractivity contribution in [2.45, 2.75) is 6.92 Å². The molecule has 2 aromatic rings. The van der Waals surface area contributed by atoms with E-state index in [1.54, 1.807) is 0 Å². The molecule has 0 aliphatic rings. The fourth-order valence-electron chi connectivity index (χ4n) is 1.02. The number of rotatable bonds is 2. The van der Waals surface area contributed by atoms with E-state index >= 15 is 0 Å². The van der Waals surface area contributed by atoms with Gasteiger partial charge in [-0.1, -0.05) is 0 Å². The number of aryl methyl sites for hydroxylation is 1. The third kappa shape index (κ3) is 2.05. The fraction of sp³-hybridized carbons (Fsp3) is 0.222. The molecule has 15 heavy (non-hydrogen) atoms. The molecule has 0 radical (unpaired) electrons. The van der Waals surface area contributed by atoms with Gasteiger partial charge in [-0.15, -0.1) is 22.7 Å². The number of aromatic nitrogens is 2. The highest BCUT2D eigenvalue weighted by atomic mass is 32.1. The van der Waals surface area contributed by atoms with Crippen molar-refractivity contribution in [3.05, 3.63) is 22.1 Å². The predicted molar refractivity (Wildman–Crippen MR) is 59.3 cm³/mol. The first kappa shape index (κ1) is 10.3. The summed E-state index contributed by atoms with van der Waals surface area (Å²) in [7, 11) is 1.36. The van der Waals surface area contributed by atoms with Crippen molar-refractivity contribution >= 4 is 28.6 Å². The van der Waals surface area contributed by atoms with Gasteiger partial charge < -0.3 is 4.74 Å². The quantitative estimate of drug-likeness (QED) is 0.756. The molecule has 2 aromatic heterocycles. The van der Waals surface area contributed by atoms with Crippen LogP contribution < -0.4 is 0 Å². The number of hydrogen-bond donors (Lipinski definition) is 0. The zero-order valence-electron chi connectivity index (χ0n) is 8.18. The lowest BCUT2D eigenvalue weighted by Gasteiger charge is -1.90. The third-order valence-electron chi connectivity index (χ3n) is 1.69. The van der Waals surface area contributed by atoms with Crippen molar-refractivity contribution in [1.82, 2.24) is 9.97 Å². The van der Waals surface area contributed by atoms with Crippen LogP contribution in [0.1, 0.15) is 15.4 Å². The Morgan fingerprint density at radius 1 is 1.47 bits per heavy atom. The van der Waals surface area contributed by atoms with Crippen LogP contribution in [0.15, 0.2) is 11.6 Å². The molecule has 4 nitrogen and oxygen atoms in total. The molecule has 78 valence electrons. The molecule has 0 bridgehead atoms. The van der Waals surface area contributed by atoms with Crippen LogP contribution in [0.2, 0.25) is 0 Å². The molecule has 0 aliphatic carbocycles. The molecule has 2 rings (SSSR count). The largest absolute Gasteiger partial charge is 0.465 e. The van der Waals surface area contributed by atoms with Gasteiger partial charge in [0.05, 0.1) is 13.3 Å². The molecule has 0 atom stereocenters. The second-order valence-electron chi connectivity index (χ2n) is 2.82. The second kappa shape index (κ2) is 4.08. The summed E-state index contributed by atoms with van der Waals surface area (Å²) in [4.78, 5) is 20.1. The highest BCUT2D eigenvalue weighted by molar-refractivity contribution is 7.21. The number of thiazole rings is 2. The van der Waals surface area contributed by atoms with E-state index in [1.165, 1.54) is 36.0 Å². The van der Waals surface area contributed by atoms with Crippen LogP contribution in [0.25, 0.3) is 10.0 Å². The van der Waals surface area contributed by atoms with Gasteiger partial charge in [0, 0.05) is 11.1 Å². The molecule has 0 aromatic carbocycles. The minimum Gasteiger partial charge on any atom is -0.465 e. The van der Waals surface area contributed by atoms with Gasteiger partial charge in [0.25, 0.3) is 0 Å². The Morgan fingerprint density at radius 3 is 2.87 bits per heavy atom. The number of nitrogens with zero attached hydrogens (tertiary/aromatic N) is 2. The molecule has 0 saturated heterocycles. The van der Waals surface area contributed by atoms with Crippen LogP contribution in [-0.4, -0.2) is 23.0 Å². The van der Waals surface area contributed by atoms with Gasteiger partial charge in [-0.05, 0) is 6.92 Å². The molecule has 0 spiro atoms. The molecule has 0 unspecified atom stereocenters. The summed E-state index contributed by atoms with van der Waals surface area (Å²) < 4.78 is 4.61. The van der Waals surface area contributed by atoms with Gasteiger partial charge in [-0.2, -0.15) is 0 Å². The Kier molecular flexibility index (Phi) is 2.79. The summed E-state index contributed by atoms with van der Waals surface area (Å²) in [6, 6.07) is 0. The van der Waals surface area contributed by atoms with E-state index < -0.39 is 0 Å². The first-order valence-corrected chi connectivity index (χ1v) is 5.87. The van der Waals surface area contributed by atoms with E-state index in [9.17, 15) is 4.79 Å². The van der Waals surface area contributed by atoms with Gasteiger partial charge >= 0.3 is 5.97 Å². The van der Waals surface area contributed by atoms with Crippen LogP contribution >= 0.6 is 22.7 Å². The van der Waals surface area contributed by atoms with Crippen molar-refractivity contribution in [2.75, 3.05) is 7.11 Å². The van der Waals surface area contributed by atoms with Gasteiger partial charge in [-0.3, -0.25) is 0 Å². The molecule has 0 aliphatic heterocycles. The summed E-state index contributed by atoms with van der Waals surface area (Å²) in [5.74, 6) is -0.355. The summed E-state index contributed by atoms with van der Waals surface area (Å²) in [6.07, 6.45) is 1.52. The minimum atomic E-state index is -0.355. The molecule has 2 heterocycles. The van der Waals surface area contributed by atoms with E-state index in [0.717, 1.165) is 15.7 Å². The molecule has 0 amide bonds. The van der Waals surface area contributed by atoms with Gasteiger partial charge in [0.2, 0.25) is 0 Å². The number of hydrogen-bond acceptors (Lipinski definition) is 6. The summed E-state index contributed by atoms with van der Waals surface area (Å²) in [6.45, 7) is 1.93. The van der Waals surface area contributed by atoms with Crippen LogP contribution in [0.5, 0.6) is 0 Å². The van der Waals surface area contributed by atoms with E-state index in [4.69, 9.17) is 0 Å². The Hall–Kier alpha value is -1.27. The number of carbonyl (C=O) groups is 1. The van der Waals surface area contributed by atoms with Crippen molar-refractivity contribution in [2.24, 2.45) is 0 Å². The van der Waals surface area contributed by atoms with Crippen molar-refractivity contribution in [3.63, 3.8) is 0 Å². The van der Waals surface area contributed by atoms with Crippen LogP contribution in [-0.2, 0) is 4.74 Å².